The first-order valence-corrected chi connectivity index (χ1v) is 7.62. The predicted molar refractivity (Wildman–Crippen MR) is 86.1 cm³/mol. The lowest BCUT2D eigenvalue weighted by Crippen LogP contribution is -2.30. The molecule has 2 aromatic rings. The number of urea groups is 1. The third-order valence-electron chi connectivity index (χ3n) is 2.80. The van der Waals surface area contributed by atoms with Crippen LogP contribution in [-0.4, -0.2) is 6.03 Å². The van der Waals surface area contributed by atoms with Gasteiger partial charge in [-0.1, -0.05) is 29.3 Å². The number of carbonyl (C=O) groups is 1. The summed E-state index contributed by atoms with van der Waals surface area (Å²) in [7, 11) is 0. The molecule has 0 bridgehead atoms. The quantitative estimate of drug-likeness (QED) is 0.794. The molecule has 0 aliphatic heterocycles. The van der Waals surface area contributed by atoms with E-state index < -0.39 is 0 Å². The zero-order chi connectivity index (χ0) is 14.7. The highest BCUT2D eigenvalue weighted by Gasteiger charge is 2.11. The molecule has 1 aromatic heterocycles. The van der Waals surface area contributed by atoms with Gasteiger partial charge in [0.05, 0.1) is 10.4 Å². The number of halogens is 2. The number of amides is 2. The molecule has 2 rings (SSSR count). The number of hydrogen-bond acceptors (Lipinski definition) is 2. The molecular formula is C14H14Cl2N2OS. The van der Waals surface area contributed by atoms with E-state index in [0.717, 1.165) is 10.4 Å². The average Bonchev–Trinajstić information content (AvgIpc) is 2.80. The second-order valence-electron chi connectivity index (χ2n) is 4.43. The summed E-state index contributed by atoms with van der Waals surface area (Å²) in [5.41, 5.74) is 1.63. The summed E-state index contributed by atoms with van der Waals surface area (Å²) in [4.78, 5) is 12.9. The Labute approximate surface area is 131 Å². The van der Waals surface area contributed by atoms with E-state index >= 15 is 0 Å². The van der Waals surface area contributed by atoms with Crippen LogP contribution in [0.3, 0.4) is 0 Å². The molecule has 1 heterocycles. The number of carbonyl (C=O) groups excluding carboxylic acids is 1. The minimum absolute atomic E-state index is 0.103. The first-order chi connectivity index (χ1) is 9.45. The van der Waals surface area contributed by atoms with E-state index in [-0.39, 0.29) is 12.1 Å². The lowest BCUT2D eigenvalue weighted by atomic mass is 10.2. The van der Waals surface area contributed by atoms with Crippen LogP contribution in [0.1, 0.15) is 23.4 Å². The van der Waals surface area contributed by atoms with E-state index in [0.29, 0.717) is 15.0 Å². The SMILES string of the molecule is Cc1ccc(NC(=O)N[C@@H](C)c2ccc(Cl)s2)cc1Cl. The summed E-state index contributed by atoms with van der Waals surface area (Å²) in [5, 5.41) is 6.23. The molecule has 2 amide bonds. The fraction of sp³-hybridized carbons (Fsp3) is 0.214. The number of benzene rings is 1. The van der Waals surface area contributed by atoms with Crippen molar-refractivity contribution in [2.24, 2.45) is 0 Å². The average molecular weight is 329 g/mol. The predicted octanol–water partition coefficient (Wildman–Crippen LogP) is 5.25. The third kappa shape index (κ3) is 3.88. The van der Waals surface area contributed by atoms with Gasteiger partial charge >= 0.3 is 6.03 Å². The minimum Gasteiger partial charge on any atom is -0.331 e. The molecule has 0 saturated carbocycles. The number of anilines is 1. The number of nitrogens with one attached hydrogen (secondary N) is 2. The van der Waals surface area contributed by atoms with E-state index in [1.807, 2.05) is 38.1 Å². The third-order valence-corrected chi connectivity index (χ3v) is 4.62. The van der Waals surface area contributed by atoms with Crippen molar-refractivity contribution in [3.63, 3.8) is 0 Å². The van der Waals surface area contributed by atoms with E-state index in [9.17, 15) is 4.79 Å². The van der Waals surface area contributed by atoms with Crippen molar-refractivity contribution in [1.82, 2.24) is 5.32 Å². The molecule has 1 atom stereocenters. The highest BCUT2D eigenvalue weighted by Crippen LogP contribution is 2.26. The summed E-state index contributed by atoms with van der Waals surface area (Å²) in [5.74, 6) is 0. The van der Waals surface area contributed by atoms with Crippen LogP contribution in [0.5, 0.6) is 0 Å². The minimum atomic E-state index is -0.276. The highest BCUT2D eigenvalue weighted by molar-refractivity contribution is 7.16. The van der Waals surface area contributed by atoms with Gasteiger partial charge in [0.1, 0.15) is 0 Å². The molecule has 0 aliphatic rings. The van der Waals surface area contributed by atoms with Crippen LogP contribution in [-0.2, 0) is 0 Å². The van der Waals surface area contributed by atoms with E-state index in [4.69, 9.17) is 23.2 Å². The highest BCUT2D eigenvalue weighted by atomic mass is 35.5. The molecule has 6 heteroatoms. The van der Waals surface area contributed by atoms with Crippen LogP contribution in [0.2, 0.25) is 9.36 Å². The Kier molecular flexibility index (Phi) is 4.91. The molecule has 2 N–H and O–H groups in total. The first-order valence-electron chi connectivity index (χ1n) is 6.04. The monoisotopic (exact) mass is 328 g/mol. The molecule has 20 heavy (non-hydrogen) atoms. The summed E-state index contributed by atoms with van der Waals surface area (Å²) in [6.45, 7) is 3.82. The Bertz CT molecular complexity index is 627. The Morgan fingerprint density at radius 2 is 2.00 bits per heavy atom. The van der Waals surface area contributed by atoms with Crippen LogP contribution in [0.4, 0.5) is 10.5 Å². The van der Waals surface area contributed by atoms with Crippen molar-refractivity contribution in [2.75, 3.05) is 5.32 Å². The van der Waals surface area contributed by atoms with Gasteiger partial charge in [0.2, 0.25) is 0 Å². The molecule has 0 radical (unpaired) electrons. The van der Waals surface area contributed by atoms with E-state index in [1.54, 1.807) is 6.07 Å². The smallest absolute Gasteiger partial charge is 0.319 e. The van der Waals surface area contributed by atoms with Crippen molar-refractivity contribution >= 4 is 46.3 Å². The number of aryl methyl sites for hydroxylation is 1. The van der Waals surface area contributed by atoms with Gasteiger partial charge in [-0.05, 0) is 43.7 Å². The van der Waals surface area contributed by atoms with Crippen LogP contribution >= 0.6 is 34.5 Å². The maximum Gasteiger partial charge on any atom is 0.319 e. The molecule has 0 saturated heterocycles. The molecule has 0 unspecified atom stereocenters. The lowest BCUT2D eigenvalue weighted by Gasteiger charge is -2.13. The molecule has 106 valence electrons. The summed E-state index contributed by atoms with van der Waals surface area (Å²) >= 11 is 13.3. The van der Waals surface area contributed by atoms with Crippen molar-refractivity contribution in [2.45, 2.75) is 19.9 Å². The molecular weight excluding hydrogens is 315 g/mol. The summed E-state index contributed by atoms with van der Waals surface area (Å²) in [6.07, 6.45) is 0. The van der Waals surface area contributed by atoms with Crippen molar-refractivity contribution in [1.29, 1.82) is 0 Å². The fourth-order valence-electron chi connectivity index (χ4n) is 1.67. The Morgan fingerprint density at radius 3 is 2.60 bits per heavy atom. The second kappa shape index (κ2) is 6.48. The maximum absolute atomic E-state index is 11.9. The van der Waals surface area contributed by atoms with Gasteiger partial charge in [0.25, 0.3) is 0 Å². The van der Waals surface area contributed by atoms with Gasteiger partial charge in [0.15, 0.2) is 0 Å². The van der Waals surface area contributed by atoms with Gasteiger partial charge in [-0.3, -0.25) is 0 Å². The molecule has 0 fully saturated rings. The van der Waals surface area contributed by atoms with E-state index in [1.165, 1.54) is 11.3 Å². The normalized spacial score (nSPS) is 12.0. The Morgan fingerprint density at radius 1 is 1.25 bits per heavy atom. The van der Waals surface area contributed by atoms with Gasteiger partial charge in [-0.15, -0.1) is 11.3 Å². The van der Waals surface area contributed by atoms with Crippen LogP contribution < -0.4 is 10.6 Å². The van der Waals surface area contributed by atoms with Gasteiger partial charge in [-0.25, -0.2) is 4.79 Å². The number of hydrogen-bond donors (Lipinski definition) is 2. The van der Waals surface area contributed by atoms with E-state index in [2.05, 4.69) is 10.6 Å². The standard InChI is InChI=1S/C14H14Cl2N2OS/c1-8-3-4-10(7-11(8)15)18-14(19)17-9(2)12-5-6-13(16)20-12/h3-7,9H,1-2H3,(H2,17,18,19)/t9-/m0/s1. The second-order valence-corrected chi connectivity index (χ2v) is 6.58. The Hall–Kier alpha value is -1.23. The van der Waals surface area contributed by atoms with Crippen molar-refractivity contribution in [3.05, 3.63) is 50.1 Å². The lowest BCUT2D eigenvalue weighted by molar-refractivity contribution is 0.249. The number of thiophene rings is 1. The van der Waals surface area contributed by atoms with Crippen LogP contribution in [0.25, 0.3) is 0 Å². The van der Waals surface area contributed by atoms with Crippen molar-refractivity contribution < 1.29 is 4.79 Å². The zero-order valence-corrected chi connectivity index (χ0v) is 13.4. The first kappa shape index (κ1) is 15.2. The molecule has 0 spiro atoms. The molecule has 0 aliphatic carbocycles. The maximum atomic E-state index is 11.9. The van der Waals surface area contributed by atoms with Crippen molar-refractivity contribution in [3.8, 4) is 0 Å². The summed E-state index contributed by atoms with van der Waals surface area (Å²) < 4.78 is 0.708. The fourth-order valence-corrected chi connectivity index (χ4v) is 2.91. The molecule has 1 aromatic carbocycles. The van der Waals surface area contributed by atoms with Crippen LogP contribution in [0.15, 0.2) is 30.3 Å². The van der Waals surface area contributed by atoms with Crippen LogP contribution in [0, 0.1) is 6.92 Å². The topological polar surface area (TPSA) is 41.1 Å². The Balaban J connectivity index is 1.96. The number of rotatable bonds is 3. The largest absolute Gasteiger partial charge is 0.331 e. The zero-order valence-electron chi connectivity index (χ0n) is 11.0. The van der Waals surface area contributed by atoms with Gasteiger partial charge in [0, 0.05) is 15.6 Å². The molecule has 3 nitrogen and oxygen atoms in total. The van der Waals surface area contributed by atoms with Gasteiger partial charge < -0.3 is 10.6 Å². The van der Waals surface area contributed by atoms with Gasteiger partial charge in [-0.2, -0.15) is 0 Å². The summed E-state index contributed by atoms with van der Waals surface area (Å²) in [6, 6.07) is 8.74.